The van der Waals surface area contributed by atoms with E-state index in [9.17, 15) is 4.79 Å². The van der Waals surface area contributed by atoms with Crippen LogP contribution < -0.4 is 5.32 Å². The van der Waals surface area contributed by atoms with Crippen LogP contribution in [0.1, 0.15) is 24.1 Å². The van der Waals surface area contributed by atoms with Gasteiger partial charge in [-0.1, -0.05) is 58.4 Å². The summed E-state index contributed by atoms with van der Waals surface area (Å²) >= 11 is 3.42. The quantitative estimate of drug-likeness (QED) is 0.850. The predicted octanol–water partition coefficient (Wildman–Crippen LogP) is 3.76. The van der Waals surface area contributed by atoms with E-state index in [0.717, 1.165) is 16.6 Å². The van der Waals surface area contributed by atoms with E-state index in [-0.39, 0.29) is 11.9 Å². The largest absolute Gasteiger partial charge is 0.348 e. The molecule has 0 bridgehead atoms. The van der Waals surface area contributed by atoms with E-state index in [0.29, 0.717) is 6.54 Å². The van der Waals surface area contributed by atoms with Crippen LogP contribution in [0.2, 0.25) is 0 Å². The number of benzene rings is 2. The summed E-state index contributed by atoms with van der Waals surface area (Å²) in [4.78, 5) is 14.1. The van der Waals surface area contributed by atoms with Gasteiger partial charge in [-0.2, -0.15) is 0 Å². The van der Waals surface area contributed by atoms with Crippen LogP contribution in [0.25, 0.3) is 0 Å². The maximum absolute atomic E-state index is 12.1. The fourth-order valence-electron chi connectivity index (χ4n) is 2.32. The molecule has 22 heavy (non-hydrogen) atoms. The molecule has 2 aromatic carbocycles. The summed E-state index contributed by atoms with van der Waals surface area (Å²) in [5.74, 6) is 0.0360. The van der Waals surface area contributed by atoms with E-state index in [2.05, 4.69) is 33.4 Å². The van der Waals surface area contributed by atoms with Crippen molar-refractivity contribution in [3.63, 3.8) is 0 Å². The minimum atomic E-state index is 0.00530. The molecule has 0 aliphatic carbocycles. The molecule has 0 saturated heterocycles. The van der Waals surface area contributed by atoms with Gasteiger partial charge in [0.15, 0.2) is 0 Å². The van der Waals surface area contributed by atoms with Gasteiger partial charge in [-0.15, -0.1) is 0 Å². The van der Waals surface area contributed by atoms with Crippen LogP contribution in [0.15, 0.2) is 59.1 Å². The lowest BCUT2D eigenvalue weighted by molar-refractivity contribution is -0.122. The summed E-state index contributed by atoms with van der Waals surface area (Å²) in [6, 6.07) is 18.2. The second-order valence-electron chi connectivity index (χ2n) is 5.50. The van der Waals surface area contributed by atoms with Crippen LogP contribution >= 0.6 is 15.9 Å². The summed E-state index contributed by atoms with van der Waals surface area (Å²) in [5.41, 5.74) is 2.31. The summed E-state index contributed by atoms with van der Waals surface area (Å²) in [5, 5.41) is 3.04. The first-order valence-electron chi connectivity index (χ1n) is 7.32. The lowest BCUT2D eigenvalue weighted by Crippen LogP contribution is -2.36. The molecule has 0 aromatic heterocycles. The van der Waals surface area contributed by atoms with E-state index >= 15 is 0 Å². The molecule has 1 unspecified atom stereocenters. The van der Waals surface area contributed by atoms with E-state index in [1.54, 1.807) is 0 Å². The van der Waals surface area contributed by atoms with Crippen molar-refractivity contribution in [2.75, 3.05) is 13.6 Å². The summed E-state index contributed by atoms with van der Waals surface area (Å²) in [6.07, 6.45) is 0. The average Bonchev–Trinajstić information content (AvgIpc) is 2.48. The second kappa shape index (κ2) is 8.11. The van der Waals surface area contributed by atoms with Crippen molar-refractivity contribution >= 4 is 21.8 Å². The number of carbonyl (C=O) groups excluding carboxylic acids is 1. The summed E-state index contributed by atoms with van der Waals surface area (Å²) in [7, 11) is 1.96. The molecule has 0 fully saturated rings. The van der Waals surface area contributed by atoms with Gasteiger partial charge in [0, 0.05) is 11.0 Å². The molecule has 3 nitrogen and oxygen atoms in total. The van der Waals surface area contributed by atoms with Gasteiger partial charge in [0.25, 0.3) is 0 Å². The van der Waals surface area contributed by atoms with Gasteiger partial charge in [0.1, 0.15) is 0 Å². The van der Waals surface area contributed by atoms with Gasteiger partial charge in [0.2, 0.25) is 5.91 Å². The van der Waals surface area contributed by atoms with Crippen LogP contribution in [0.4, 0.5) is 0 Å². The first-order chi connectivity index (χ1) is 10.5. The van der Waals surface area contributed by atoms with Crippen molar-refractivity contribution < 1.29 is 4.79 Å². The molecule has 4 heteroatoms. The van der Waals surface area contributed by atoms with E-state index in [4.69, 9.17) is 0 Å². The molecular weight excluding hydrogens is 340 g/mol. The molecule has 0 radical (unpaired) electrons. The summed E-state index contributed by atoms with van der Waals surface area (Å²) in [6.45, 7) is 3.15. The third kappa shape index (κ3) is 5.28. The zero-order valence-electron chi connectivity index (χ0n) is 12.9. The zero-order chi connectivity index (χ0) is 15.9. The van der Waals surface area contributed by atoms with Crippen molar-refractivity contribution in [1.29, 1.82) is 0 Å². The standard InChI is InChI=1S/C18H21BrN2O/c1-14(16-8-10-17(19)11-9-16)20-18(22)13-21(2)12-15-6-4-3-5-7-15/h3-11,14H,12-13H2,1-2H3,(H,20,22). The van der Waals surface area contributed by atoms with Gasteiger partial charge in [-0.3, -0.25) is 9.69 Å². The highest BCUT2D eigenvalue weighted by Crippen LogP contribution is 2.16. The summed E-state index contributed by atoms with van der Waals surface area (Å²) < 4.78 is 1.04. The lowest BCUT2D eigenvalue weighted by Gasteiger charge is -2.19. The monoisotopic (exact) mass is 360 g/mol. The lowest BCUT2D eigenvalue weighted by atomic mass is 10.1. The molecule has 0 saturated carbocycles. The normalized spacial score (nSPS) is 12.2. The van der Waals surface area contributed by atoms with Crippen LogP contribution in [0, 0.1) is 0 Å². The molecule has 116 valence electrons. The number of nitrogens with zero attached hydrogens (tertiary/aromatic N) is 1. The molecule has 0 heterocycles. The first kappa shape index (κ1) is 16.7. The van der Waals surface area contributed by atoms with Crippen LogP contribution in [-0.2, 0) is 11.3 Å². The highest BCUT2D eigenvalue weighted by atomic mass is 79.9. The fourth-order valence-corrected chi connectivity index (χ4v) is 2.58. The zero-order valence-corrected chi connectivity index (χ0v) is 14.5. The number of rotatable bonds is 6. The topological polar surface area (TPSA) is 32.3 Å². The molecule has 1 amide bonds. The fraction of sp³-hybridized carbons (Fsp3) is 0.278. The third-order valence-corrected chi connectivity index (χ3v) is 3.99. The van der Waals surface area contributed by atoms with E-state index in [1.165, 1.54) is 5.56 Å². The number of likely N-dealkylation sites (N-methyl/N-ethyl adjacent to an activating group) is 1. The average molecular weight is 361 g/mol. The maximum Gasteiger partial charge on any atom is 0.234 e. The second-order valence-corrected chi connectivity index (χ2v) is 6.41. The maximum atomic E-state index is 12.1. The molecular formula is C18H21BrN2O. The number of carbonyl (C=O) groups is 1. The molecule has 1 atom stereocenters. The molecule has 2 rings (SSSR count). The Kier molecular flexibility index (Phi) is 6.16. The minimum Gasteiger partial charge on any atom is -0.348 e. The molecule has 0 aliphatic heterocycles. The van der Waals surface area contributed by atoms with Gasteiger partial charge >= 0.3 is 0 Å². The third-order valence-electron chi connectivity index (χ3n) is 3.46. The molecule has 0 aliphatic rings. The van der Waals surface area contributed by atoms with E-state index < -0.39 is 0 Å². The van der Waals surface area contributed by atoms with E-state index in [1.807, 2.05) is 61.3 Å². The van der Waals surface area contributed by atoms with Crippen LogP contribution in [-0.4, -0.2) is 24.4 Å². The minimum absolute atomic E-state index is 0.00530. The number of hydrogen-bond acceptors (Lipinski definition) is 2. The van der Waals surface area contributed by atoms with Crippen LogP contribution in [0.3, 0.4) is 0 Å². The molecule has 0 spiro atoms. The van der Waals surface area contributed by atoms with Crippen molar-refractivity contribution in [3.8, 4) is 0 Å². The Morgan fingerprint density at radius 2 is 1.77 bits per heavy atom. The number of nitrogens with one attached hydrogen (secondary N) is 1. The van der Waals surface area contributed by atoms with Crippen LogP contribution in [0.5, 0.6) is 0 Å². The first-order valence-corrected chi connectivity index (χ1v) is 8.11. The number of halogens is 1. The number of hydrogen-bond donors (Lipinski definition) is 1. The number of amides is 1. The Morgan fingerprint density at radius 3 is 2.41 bits per heavy atom. The SMILES string of the molecule is CC(NC(=O)CN(C)Cc1ccccc1)c1ccc(Br)cc1. The Balaban J connectivity index is 1.83. The Morgan fingerprint density at radius 1 is 1.14 bits per heavy atom. The molecule has 1 N–H and O–H groups in total. The van der Waals surface area contributed by atoms with Crippen molar-refractivity contribution in [1.82, 2.24) is 10.2 Å². The Bertz CT molecular complexity index is 598. The van der Waals surface area contributed by atoms with Gasteiger partial charge in [-0.05, 0) is 37.2 Å². The Hall–Kier alpha value is -1.65. The Labute approximate surface area is 140 Å². The van der Waals surface area contributed by atoms with Gasteiger partial charge < -0.3 is 5.32 Å². The van der Waals surface area contributed by atoms with Crippen molar-refractivity contribution in [2.24, 2.45) is 0 Å². The highest BCUT2D eigenvalue weighted by molar-refractivity contribution is 9.10. The predicted molar refractivity (Wildman–Crippen MR) is 93.5 cm³/mol. The van der Waals surface area contributed by atoms with Crippen molar-refractivity contribution in [2.45, 2.75) is 19.5 Å². The smallest absolute Gasteiger partial charge is 0.234 e. The van der Waals surface area contributed by atoms with Crippen molar-refractivity contribution in [3.05, 3.63) is 70.2 Å². The van der Waals surface area contributed by atoms with Gasteiger partial charge in [0.05, 0.1) is 12.6 Å². The highest BCUT2D eigenvalue weighted by Gasteiger charge is 2.11. The van der Waals surface area contributed by atoms with Gasteiger partial charge in [-0.25, -0.2) is 0 Å². The molecule has 2 aromatic rings.